The van der Waals surface area contributed by atoms with Crippen molar-refractivity contribution in [1.82, 2.24) is 10.3 Å². The van der Waals surface area contributed by atoms with Crippen molar-refractivity contribution in [2.24, 2.45) is 11.7 Å². The van der Waals surface area contributed by atoms with E-state index in [1.807, 2.05) is 26.1 Å². The monoisotopic (exact) mass is 290 g/mol. The van der Waals surface area contributed by atoms with Gasteiger partial charge in [0.1, 0.15) is 5.82 Å². The minimum atomic E-state index is -0.435. The fraction of sp³-hybridized carbons (Fsp3) is 0.625. The highest BCUT2D eigenvalue weighted by Gasteiger charge is 2.19. The van der Waals surface area contributed by atoms with Crippen molar-refractivity contribution >= 4 is 11.7 Å². The standard InChI is InChI=1S/C16H26N4O/c1-3-12(2)15(17)16(21)19-11-13-6-7-18-14(10-13)20-8-4-5-9-20/h6-7,10,12,15H,3-5,8-9,11,17H2,1-2H3,(H,19,21). The van der Waals surface area contributed by atoms with E-state index >= 15 is 0 Å². The number of nitrogens with one attached hydrogen (secondary N) is 1. The molecule has 2 rings (SSSR count). The predicted molar refractivity (Wildman–Crippen MR) is 85.0 cm³/mol. The van der Waals surface area contributed by atoms with E-state index in [1.165, 1.54) is 12.8 Å². The highest BCUT2D eigenvalue weighted by Crippen LogP contribution is 2.18. The van der Waals surface area contributed by atoms with Crippen LogP contribution in [0.3, 0.4) is 0 Å². The number of carbonyl (C=O) groups is 1. The molecular formula is C16H26N4O. The number of anilines is 1. The number of nitrogens with zero attached hydrogens (tertiary/aromatic N) is 2. The first-order valence-corrected chi connectivity index (χ1v) is 7.85. The maximum absolute atomic E-state index is 12.0. The largest absolute Gasteiger partial charge is 0.357 e. The maximum atomic E-state index is 12.0. The molecule has 2 atom stereocenters. The Labute approximate surface area is 126 Å². The van der Waals surface area contributed by atoms with Gasteiger partial charge < -0.3 is 16.0 Å². The number of nitrogens with two attached hydrogens (primary N) is 1. The van der Waals surface area contributed by atoms with Crippen LogP contribution in [0.5, 0.6) is 0 Å². The van der Waals surface area contributed by atoms with Crippen LogP contribution in [0, 0.1) is 5.92 Å². The molecule has 21 heavy (non-hydrogen) atoms. The zero-order chi connectivity index (χ0) is 15.2. The summed E-state index contributed by atoms with van der Waals surface area (Å²) in [5.74, 6) is 1.12. The molecule has 0 aromatic carbocycles. The van der Waals surface area contributed by atoms with E-state index in [0.717, 1.165) is 30.9 Å². The molecule has 2 unspecified atom stereocenters. The zero-order valence-electron chi connectivity index (χ0n) is 13.0. The number of hydrogen-bond donors (Lipinski definition) is 2. The van der Waals surface area contributed by atoms with Crippen LogP contribution in [-0.4, -0.2) is 30.0 Å². The molecule has 5 nitrogen and oxygen atoms in total. The van der Waals surface area contributed by atoms with Gasteiger partial charge in [-0.2, -0.15) is 0 Å². The fourth-order valence-electron chi connectivity index (χ4n) is 2.51. The topological polar surface area (TPSA) is 71.2 Å². The second-order valence-electron chi connectivity index (χ2n) is 5.85. The molecule has 1 aliphatic heterocycles. The summed E-state index contributed by atoms with van der Waals surface area (Å²) >= 11 is 0. The summed E-state index contributed by atoms with van der Waals surface area (Å²) in [5, 5.41) is 2.92. The van der Waals surface area contributed by atoms with Crippen molar-refractivity contribution in [2.45, 2.75) is 45.7 Å². The third-order valence-electron chi connectivity index (χ3n) is 4.27. The number of carbonyl (C=O) groups excluding carboxylic acids is 1. The minimum absolute atomic E-state index is 0.0797. The molecule has 5 heteroatoms. The molecule has 0 spiro atoms. The van der Waals surface area contributed by atoms with Crippen LogP contribution in [-0.2, 0) is 11.3 Å². The molecule has 116 valence electrons. The maximum Gasteiger partial charge on any atom is 0.237 e. The van der Waals surface area contributed by atoms with E-state index in [2.05, 4.69) is 21.3 Å². The lowest BCUT2D eigenvalue weighted by Crippen LogP contribution is -2.44. The molecule has 2 heterocycles. The molecule has 1 aromatic heterocycles. The van der Waals surface area contributed by atoms with Crippen molar-refractivity contribution in [2.75, 3.05) is 18.0 Å². The average molecular weight is 290 g/mol. The number of amides is 1. The third-order valence-corrected chi connectivity index (χ3v) is 4.27. The Morgan fingerprint density at radius 1 is 1.48 bits per heavy atom. The second-order valence-corrected chi connectivity index (χ2v) is 5.85. The van der Waals surface area contributed by atoms with Gasteiger partial charge in [-0.05, 0) is 36.5 Å². The van der Waals surface area contributed by atoms with Gasteiger partial charge in [-0.15, -0.1) is 0 Å². The van der Waals surface area contributed by atoms with E-state index < -0.39 is 6.04 Å². The van der Waals surface area contributed by atoms with E-state index in [-0.39, 0.29) is 11.8 Å². The van der Waals surface area contributed by atoms with Crippen LogP contribution < -0.4 is 16.0 Å². The van der Waals surface area contributed by atoms with Crippen LogP contribution >= 0.6 is 0 Å². The van der Waals surface area contributed by atoms with Gasteiger partial charge in [-0.1, -0.05) is 20.3 Å². The van der Waals surface area contributed by atoms with E-state index in [9.17, 15) is 4.79 Å². The zero-order valence-corrected chi connectivity index (χ0v) is 13.0. The molecular weight excluding hydrogens is 264 g/mol. The molecule has 0 radical (unpaired) electrons. The van der Waals surface area contributed by atoms with Crippen molar-refractivity contribution in [3.63, 3.8) is 0 Å². The SMILES string of the molecule is CCC(C)C(N)C(=O)NCc1ccnc(N2CCCC2)c1. The summed E-state index contributed by atoms with van der Waals surface area (Å²) in [5.41, 5.74) is 7.00. The minimum Gasteiger partial charge on any atom is -0.357 e. The van der Waals surface area contributed by atoms with Crippen molar-refractivity contribution in [3.8, 4) is 0 Å². The van der Waals surface area contributed by atoms with Gasteiger partial charge in [0, 0.05) is 25.8 Å². The van der Waals surface area contributed by atoms with Crippen molar-refractivity contribution < 1.29 is 4.79 Å². The lowest BCUT2D eigenvalue weighted by atomic mass is 9.99. The molecule has 0 aliphatic carbocycles. The Morgan fingerprint density at radius 3 is 2.86 bits per heavy atom. The van der Waals surface area contributed by atoms with Gasteiger partial charge in [-0.3, -0.25) is 4.79 Å². The normalized spacial score (nSPS) is 17.6. The number of hydrogen-bond acceptors (Lipinski definition) is 4. The van der Waals surface area contributed by atoms with Crippen molar-refractivity contribution in [3.05, 3.63) is 23.9 Å². The van der Waals surface area contributed by atoms with Gasteiger partial charge in [0.05, 0.1) is 6.04 Å². The molecule has 3 N–H and O–H groups in total. The third kappa shape index (κ3) is 4.17. The molecule has 1 amide bonds. The van der Waals surface area contributed by atoms with Crippen LogP contribution in [0.15, 0.2) is 18.3 Å². The Kier molecular flexibility index (Phi) is 5.56. The van der Waals surface area contributed by atoms with E-state index in [4.69, 9.17) is 5.73 Å². The average Bonchev–Trinajstić information content (AvgIpc) is 3.05. The number of pyridine rings is 1. The first kappa shape index (κ1) is 15.8. The first-order chi connectivity index (χ1) is 10.1. The molecule has 0 bridgehead atoms. The van der Waals surface area contributed by atoms with E-state index in [0.29, 0.717) is 6.54 Å². The molecule has 1 saturated heterocycles. The lowest BCUT2D eigenvalue weighted by Gasteiger charge is -2.19. The summed E-state index contributed by atoms with van der Waals surface area (Å²) in [7, 11) is 0. The van der Waals surface area contributed by atoms with Crippen LogP contribution in [0.2, 0.25) is 0 Å². The summed E-state index contributed by atoms with van der Waals surface area (Å²) in [4.78, 5) is 18.7. The smallest absolute Gasteiger partial charge is 0.237 e. The number of rotatable bonds is 6. The summed E-state index contributed by atoms with van der Waals surface area (Å²) in [6.07, 6.45) is 5.17. The van der Waals surface area contributed by atoms with Gasteiger partial charge in [0.25, 0.3) is 0 Å². The first-order valence-electron chi connectivity index (χ1n) is 7.85. The lowest BCUT2D eigenvalue weighted by molar-refractivity contribution is -0.123. The highest BCUT2D eigenvalue weighted by atomic mass is 16.2. The Bertz CT molecular complexity index is 471. The highest BCUT2D eigenvalue weighted by molar-refractivity contribution is 5.81. The van der Waals surface area contributed by atoms with Gasteiger partial charge in [0.2, 0.25) is 5.91 Å². The summed E-state index contributed by atoms with van der Waals surface area (Å²) in [6, 6.07) is 3.56. The summed E-state index contributed by atoms with van der Waals surface area (Å²) < 4.78 is 0. The van der Waals surface area contributed by atoms with Gasteiger partial charge in [-0.25, -0.2) is 4.98 Å². The van der Waals surface area contributed by atoms with Crippen LogP contribution in [0.4, 0.5) is 5.82 Å². The van der Waals surface area contributed by atoms with Gasteiger partial charge in [0.15, 0.2) is 0 Å². The number of aromatic nitrogens is 1. The fourth-order valence-corrected chi connectivity index (χ4v) is 2.51. The molecule has 1 aromatic rings. The second kappa shape index (κ2) is 7.41. The summed E-state index contributed by atoms with van der Waals surface area (Å²) in [6.45, 7) is 6.70. The van der Waals surface area contributed by atoms with E-state index in [1.54, 1.807) is 0 Å². The Morgan fingerprint density at radius 2 is 2.19 bits per heavy atom. The van der Waals surface area contributed by atoms with Crippen LogP contribution in [0.1, 0.15) is 38.7 Å². The van der Waals surface area contributed by atoms with Gasteiger partial charge >= 0.3 is 0 Å². The molecule has 1 fully saturated rings. The Balaban J connectivity index is 1.91. The van der Waals surface area contributed by atoms with Crippen molar-refractivity contribution in [1.29, 1.82) is 0 Å². The predicted octanol–water partition coefficient (Wildman–Crippen LogP) is 1.67. The Hall–Kier alpha value is -1.62. The quantitative estimate of drug-likeness (QED) is 0.836. The molecule has 0 saturated carbocycles. The van der Waals surface area contributed by atoms with Crippen LogP contribution in [0.25, 0.3) is 0 Å². The molecule has 1 aliphatic rings.